The zero-order valence-corrected chi connectivity index (χ0v) is 16.2. The van der Waals surface area contributed by atoms with E-state index in [2.05, 4.69) is 48.1 Å². The number of carbonyl (C=O) groups is 1. The highest BCUT2D eigenvalue weighted by atomic mass is 16.5. The maximum Gasteiger partial charge on any atom is 0.356 e. The van der Waals surface area contributed by atoms with Crippen LogP contribution >= 0.6 is 0 Å². The van der Waals surface area contributed by atoms with Crippen molar-refractivity contribution in [1.29, 1.82) is 0 Å². The topological polar surface area (TPSA) is 55.0 Å². The molecule has 0 bridgehead atoms. The van der Waals surface area contributed by atoms with Crippen LogP contribution in [0.4, 0.5) is 0 Å². The minimum absolute atomic E-state index is 0.327. The van der Waals surface area contributed by atoms with Gasteiger partial charge in [-0.1, -0.05) is 36.4 Å². The lowest BCUT2D eigenvalue weighted by Crippen LogP contribution is -2.06. The van der Waals surface area contributed by atoms with Crippen molar-refractivity contribution in [2.24, 2.45) is 0 Å². The van der Waals surface area contributed by atoms with Crippen molar-refractivity contribution in [1.82, 2.24) is 9.97 Å². The molecule has 4 nitrogen and oxygen atoms in total. The lowest BCUT2D eigenvalue weighted by Gasteiger charge is -2.07. The Hall–Kier alpha value is -3.40. The number of fused-ring (bicyclic) bond motifs is 1. The highest BCUT2D eigenvalue weighted by Gasteiger charge is 2.16. The van der Waals surface area contributed by atoms with Crippen LogP contribution in [0.5, 0.6) is 0 Å². The maximum absolute atomic E-state index is 11.9. The molecule has 28 heavy (non-hydrogen) atoms. The molecule has 0 atom stereocenters. The molecule has 0 aliphatic carbocycles. The van der Waals surface area contributed by atoms with Crippen LogP contribution < -0.4 is 0 Å². The van der Waals surface area contributed by atoms with Crippen molar-refractivity contribution in [2.75, 3.05) is 7.11 Å². The summed E-state index contributed by atoms with van der Waals surface area (Å²) in [5, 5.41) is 1.19. The van der Waals surface area contributed by atoms with Crippen LogP contribution in [-0.4, -0.2) is 23.0 Å². The number of aryl methyl sites for hydroxylation is 2. The number of ether oxygens (including phenoxy) is 1. The fourth-order valence-electron chi connectivity index (χ4n) is 3.53. The summed E-state index contributed by atoms with van der Waals surface area (Å²) < 4.78 is 4.81. The lowest BCUT2D eigenvalue weighted by molar-refractivity contribution is 0.0593. The van der Waals surface area contributed by atoms with Crippen molar-refractivity contribution < 1.29 is 9.53 Å². The molecule has 4 aromatic rings. The predicted molar refractivity (Wildman–Crippen MR) is 112 cm³/mol. The van der Waals surface area contributed by atoms with Crippen LogP contribution in [0.2, 0.25) is 0 Å². The van der Waals surface area contributed by atoms with Gasteiger partial charge in [-0.25, -0.2) is 9.78 Å². The fraction of sp³-hybridized carbons (Fsp3) is 0.167. The van der Waals surface area contributed by atoms with Crippen molar-refractivity contribution in [3.63, 3.8) is 0 Å². The van der Waals surface area contributed by atoms with Crippen molar-refractivity contribution in [3.8, 4) is 11.3 Å². The second-order valence-corrected chi connectivity index (χ2v) is 7.01. The molecule has 140 valence electrons. The summed E-state index contributed by atoms with van der Waals surface area (Å²) in [5.74, 6) is -0.421. The van der Waals surface area contributed by atoms with Gasteiger partial charge in [0.1, 0.15) is 5.69 Å². The van der Waals surface area contributed by atoms with Gasteiger partial charge in [0.05, 0.1) is 12.8 Å². The minimum atomic E-state index is -0.421. The molecule has 0 fully saturated rings. The summed E-state index contributed by atoms with van der Waals surface area (Å²) >= 11 is 0. The number of methoxy groups -OCH3 is 1. The van der Waals surface area contributed by atoms with E-state index in [-0.39, 0.29) is 0 Å². The number of nitrogens with one attached hydrogen (secondary N) is 1. The normalized spacial score (nSPS) is 11.0. The Kier molecular flexibility index (Phi) is 4.70. The van der Waals surface area contributed by atoms with E-state index in [1.54, 1.807) is 6.07 Å². The first kappa shape index (κ1) is 18.0. The maximum atomic E-state index is 11.9. The lowest BCUT2D eigenvalue weighted by atomic mass is 9.98. The molecular formula is C24H22N2O2. The molecule has 0 aliphatic rings. The smallest absolute Gasteiger partial charge is 0.356 e. The van der Waals surface area contributed by atoms with E-state index in [0.717, 1.165) is 22.5 Å². The molecule has 2 aromatic heterocycles. The molecule has 0 saturated heterocycles. The minimum Gasteiger partial charge on any atom is -0.464 e. The summed E-state index contributed by atoms with van der Waals surface area (Å²) in [6.07, 6.45) is 0.623. The largest absolute Gasteiger partial charge is 0.464 e. The van der Waals surface area contributed by atoms with Gasteiger partial charge in [0.15, 0.2) is 0 Å². The number of esters is 1. The molecule has 0 amide bonds. The second kappa shape index (κ2) is 7.31. The molecular weight excluding hydrogens is 348 g/mol. The summed E-state index contributed by atoms with van der Waals surface area (Å²) in [6.45, 7) is 4.25. The average molecular weight is 370 g/mol. The van der Waals surface area contributed by atoms with E-state index in [0.29, 0.717) is 12.1 Å². The zero-order chi connectivity index (χ0) is 19.7. The molecule has 0 aliphatic heterocycles. The molecule has 0 saturated carbocycles. The Morgan fingerprint density at radius 1 is 1.00 bits per heavy atom. The summed E-state index contributed by atoms with van der Waals surface area (Å²) in [6, 6.07) is 20.2. The number of aromatic nitrogens is 2. The monoisotopic (exact) mass is 370 g/mol. The SMILES string of the molecule is COC(=O)c1cccc(Cc2c(-c3ccccc3)[nH]c3cc(C)c(C)cc23)n1. The Labute approximate surface area is 164 Å². The van der Waals surface area contributed by atoms with E-state index in [9.17, 15) is 4.79 Å². The average Bonchev–Trinajstić information content (AvgIpc) is 3.06. The van der Waals surface area contributed by atoms with E-state index < -0.39 is 5.97 Å². The van der Waals surface area contributed by atoms with Gasteiger partial charge < -0.3 is 9.72 Å². The Balaban J connectivity index is 1.87. The molecule has 2 heterocycles. The number of aromatic amines is 1. The standard InChI is InChI=1S/C24H22N2O2/c1-15-12-19-20(14-18-10-7-11-21(25-18)24(27)28-3)23(17-8-5-4-6-9-17)26-22(19)13-16(15)2/h4-13,26H,14H2,1-3H3. The fourth-order valence-corrected chi connectivity index (χ4v) is 3.53. The van der Waals surface area contributed by atoms with Crippen LogP contribution in [0, 0.1) is 13.8 Å². The third kappa shape index (κ3) is 3.29. The van der Waals surface area contributed by atoms with Crippen molar-refractivity contribution in [2.45, 2.75) is 20.3 Å². The van der Waals surface area contributed by atoms with Gasteiger partial charge in [0, 0.05) is 23.0 Å². The van der Waals surface area contributed by atoms with E-state index in [4.69, 9.17) is 4.74 Å². The summed E-state index contributed by atoms with van der Waals surface area (Å²) in [7, 11) is 1.37. The zero-order valence-electron chi connectivity index (χ0n) is 16.2. The molecule has 1 N–H and O–H groups in total. The van der Waals surface area contributed by atoms with Gasteiger partial charge >= 0.3 is 5.97 Å². The number of hydrogen-bond acceptors (Lipinski definition) is 3. The molecule has 4 heteroatoms. The Bertz CT molecular complexity index is 1160. The highest BCUT2D eigenvalue weighted by molar-refractivity contribution is 5.92. The number of H-pyrrole nitrogens is 1. The highest BCUT2D eigenvalue weighted by Crippen LogP contribution is 2.33. The van der Waals surface area contributed by atoms with Gasteiger partial charge in [-0.15, -0.1) is 0 Å². The van der Waals surface area contributed by atoms with E-state index in [1.807, 2.05) is 30.3 Å². The van der Waals surface area contributed by atoms with Gasteiger partial charge in [0.2, 0.25) is 0 Å². The van der Waals surface area contributed by atoms with Crippen LogP contribution in [0.25, 0.3) is 22.2 Å². The van der Waals surface area contributed by atoms with E-state index >= 15 is 0 Å². The molecule has 0 unspecified atom stereocenters. The number of nitrogens with zero attached hydrogens (tertiary/aromatic N) is 1. The number of hydrogen-bond donors (Lipinski definition) is 1. The Morgan fingerprint density at radius 3 is 2.50 bits per heavy atom. The van der Waals surface area contributed by atoms with Crippen molar-refractivity contribution in [3.05, 3.63) is 88.7 Å². The van der Waals surface area contributed by atoms with Crippen LogP contribution in [-0.2, 0) is 11.2 Å². The van der Waals surface area contributed by atoms with Gasteiger partial charge in [0.25, 0.3) is 0 Å². The third-order valence-electron chi connectivity index (χ3n) is 5.14. The predicted octanol–water partition coefficient (Wildman–Crippen LogP) is 5.22. The van der Waals surface area contributed by atoms with Crippen molar-refractivity contribution >= 4 is 16.9 Å². The number of rotatable bonds is 4. The first-order valence-electron chi connectivity index (χ1n) is 9.28. The summed E-state index contributed by atoms with van der Waals surface area (Å²) in [5.41, 5.74) is 8.18. The number of benzene rings is 2. The van der Waals surface area contributed by atoms with Crippen LogP contribution in [0.1, 0.15) is 32.9 Å². The van der Waals surface area contributed by atoms with Gasteiger partial charge in [-0.2, -0.15) is 0 Å². The van der Waals surface area contributed by atoms with Crippen LogP contribution in [0.15, 0.2) is 60.7 Å². The molecule has 2 aromatic carbocycles. The summed E-state index contributed by atoms with van der Waals surface area (Å²) in [4.78, 5) is 20.0. The quantitative estimate of drug-likeness (QED) is 0.501. The number of carbonyl (C=O) groups excluding carboxylic acids is 1. The van der Waals surface area contributed by atoms with E-state index in [1.165, 1.54) is 29.2 Å². The molecule has 0 radical (unpaired) electrons. The first-order valence-corrected chi connectivity index (χ1v) is 9.28. The molecule has 0 spiro atoms. The second-order valence-electron chi connectivity index (χ2n) is 7.01. The van der Waals surface area contributed by atoms with Gasteiger partial charge in [-0.3, -0.25) is 0 Å². The first-order chi connectivity index (χ1) is 13.6. The third-order valence-corrected chi connectivity index (χ3v) is 5.14. The number of pyridine rings is 1. The van der Waals surface area contributed by atoms with Gasteiger partial charge in [-0.05, 0) is 60.4 Å². The Morgan fingerprint density at radius 2 is 1.75 bits per heavy atom. The van der Waals surface area contributed by atoms with Crippen LogP contribution in [0.3, 0.4) is 0 Å². The molecule has 4 rings (SSSR count).